The Morgan fingerprint density at radius 1 is 1.19 bits per heavy atom. The summed E-state index contributed by atoms with van der Waals surface area (Å²) in [5.41, 5.74) is 1.17. The molecule has 1 aromatic carbocycles. The van der Waals surface area contributed by atoms with Crippen molar-refractivity contribution in [2.75, 3.05) is 25.0 Å². The predicted octanol–water partition coefficient (Wildman–Crippen LogP) is 2.76. The summed E-state index contributed by atoms with van der Waals surface area (Å²) < 4.78 is 0. The fourth-order valence-corrected chi connectivity index (χ4v) is 2.31. The smallest absolute Gasteiger partial charge is 0.191 e. The van der Waals surface area contributed by atoms with E-state index in [1.54, 1.807) is 0 Å². The van der Waals surface area contributed by atoms with Crippen molar-refractivity contribution in [1.29, 1.82) is 0 Å². The Bertz CT molecular complexity index is 445. The molecule has 1 aromatic rings. The van der Waals surface area contributed by atoms with Gasteiger partial charge in [-0.25, -0.2) is 0 Å². The molecule has 3 N–H and O–H groups in total. The van der Waals surface area contributed by atoms with Crippen molar-refractivity contribution in [3.05, 3.63) is 42.5 Å². The van der Waals surface area contributed by atoms with Crippen LogP contribution in [0.5, 0.6) is 0 Å². The molecule has 0 radical (unpaired) electrons. The molecule has 0 fully saturated rings. The Hall–Kier alpha value is -1.97. The zero-order valence-electron chi connectivity index (χ0n) is 12.8. The molecule has 0 saturated carbocycles. The molecule has 1 aliphatic rings. The molecule has 4 heteroatoms. The Labute approximate surface area is 127 Å². The highest BCUT2D eigenvalue weighted by Gasteiger charge is 2.11. The zero-order chi connectivity index (χ0) is 14.8. The number of para-hydroxylation sites is 1. The van der Waals surface area contributed by atoms with Gasteiger partial charge in [-0.2, -0.15) is 0 Å². The summed E-state index contributed by atoms with van der Waals surface area (Å²) >= 11 is 0. The second kappa shape index (κ2) is 9.06. The molecular weight excluding hydrogens is 260 g/mol. The van der Waals surface area contributed by atoms with Crippen LogP contribution in [-0.2, 0) is 0 Å². The molecule has 2 rings (SSSR count). The summed E-state index contributed by atoms with van der Waals surface area (Å²) in [7, 11) is 0. The largest absolute Gasteiger partial charge is 0.385 e. The minimum atomic E-state index is 0.505. The second-order valence-electron chi connectivity index (χ2n) is 5.19. The number of hydrogen-bond donors (Lipinski definition) is 3. The zero-order valence-corrected chi connectivity index (χ0v) is 12.8. The van der Waals surface area contributed by atoms with Crippen LogP contribution in [0.4, 0.5) is 5.69 Å². The summed E-state index contributed by atoms with van der Waals surface area (Å²) in [5, 5.41) is 10.2. The third-order valence-electron chi connectivity index (χ3n) is 3.40. The predicted molar refractivity (Wildman–Crippen MR) is 90.8 cm³/mol. The van der Waals surface area contributed by atoms with Crippen molar-refractivity contribution >= 4 is 11.6 Å². The van der Waals surface area contributed by atoms with Crippen molar-refractivity contribution in [2.24, 2.45) is 4.99 Å². The van der Waals surface area contributed by atoms with Gasteiger partial charge in [0, 0.05) is 31.4 Å². The molecule has 0 heterocycles. The van der Waals surface area contributed by atoms with Gasteiger partial charge in [-0.3, -0.25) is 4.99 Å². The molecule has 0 aliphatic heterocycles. The monoisotopic (exact) mass is 286 g/mol. The average Bonchev–Trinajstić information content (AvgIpc) is 3.01. The average molecular weight is 286 g/mol. The van der Waals surface area contributed by atoms with Crippen LogP contribution in [0.15, 0.2) is 47.5 Å². The van der Waals surface area contributed by atoms with E-state index in [1.165, 1.54) is 5.69 Å². The van der Waals surface area contributed by atoms with E-state index in [4.69, 9.17) is 0 Å². The Balaban J connectivity index is 1.67. The van der Waals surface area contributed by atoms with Gasteiger partial charge < -0.3 is 16.0 Å². The van der Waals surface area contributed by atoms with E-state index in [0.717, 1.165) is 44.9 Å². The number of anilines is 1. The first kappa shape index (κ1) is 15.4. The third kappa shape index (κ3) is 5.90. The molecule has 0 unspecified atom stereocenters. The maximum atomic E-state index is 4.63. The summed E-state index contributed by atoms with van der Waals surface area (Å²) in [5.74, 6) is 0.936. The van der Waals surface area contributed by atoms with Crippen LogP contribution in [0, 0.1) is 0 Å². The number of nitrogens with zero attached hydrogens (tertiary/aromatic N) is 1. The first-order chi connectivity index (χ1) is 10.4. The highest BCUT2D eigenvalue weighted by molar-refractivity contribution is 5.80. The lowest BCUT2D eigenvalue weighted by atomic mass is 10.2. The van der Waals surface area contributed by atoms with Crippen LogP contribution in [0.25, 0.3) is 0 Å². The number of benzene rings is 1. The molecule has 0 bridgehead atoms. The maximum Gasteiger partial charge on any atom is 0.191 e. The van der Waals surface area contributed by atoms with E-state index >= 15 is 0 Å². The van der Waals surface area contributed by atoms with Gasteiger partial charge in [-0.15, -0.1) is 0 Å². The Morgan fingerprint density at radius 3 is 2.67 bits per heavy atom. The van der Waals surface area contributed by atoms with Gasteiger partial charge in [0.1, 0.15) is 0 Å². The van der Waals surface area contributed by atoms with Gasteiger partial charge in [0.15, 0.2) is 5.96 Å². The first-order valence-corrected chi connectivity index (χ1v) is 7.87. The number of aliphatic imine (C=N–C) groups is 1. The standard InChI is InChI=1S/C17H26N4/c1-2-18-17(21-16-11-6-7-12-16)20-14-8-13-19-15-9-4-3-5-10-15/h3-7,9-10,16,19H,2,8,11-14H2,1H3,(H2,18,20,21). The molecule has 21 heavy (non-hydrogen) atoms. The fourth-order valence-electron chi connectivity index (χ4n) is 2.31. The van der Waals surface area contributed by atoms with Gasteiger partial charge in [0.2, 0.25) is 0 Å². The quantitative estimate of drug-likeness (QED) is 0.313. The molecule has 1 aliphatic carbocycles. The highest BCUT2D eigenvalue weighted by Crippen LogP contribution is 2.08. The molecule has 0 aromatic heterocycles. The van der Waals surface area contributed by atoms with Crippen molar-refractivity contribution in [3.8, 4) is 0 Å². The molecule has 114 valence electrons. The van der Waals surface area contributed by atoms with E-state index in [9.17, 15) is 0 Å². The Kier molecular flexibility index (Phi) is 6.65. The maximum absolute atomic E-state index is 4.63. The summed E-state index contributed by atoms with van der Waals surface area (Å²) in [6.07, 6.45) is 7.67. The highest BCUT2D eigenvalue weighted by atomic mass is 15.2. The molecule has 0 saturated heterocycles. The summed E-state index contributed by atoms with van der Waals surface area (Å²) in [6.45, 7) is 4.77. The van der Waals surface area contributed by atoms with Crippen LogP contribution in [0.3, 0.4) is 0 Å². The van der Waals surface area contributed by atoms with Gasteiger partial charge in [-0.05, 0) is 38.3 Å². The lowest BCUT2D eigenvalue weighted by Gasteiger charge is -2.16. The van der Waals surface area contributed by atoms with Gasteiger partial charge in [0.25, 0.3) is 0 Å². The SMILES string of the molecule is CCNC(=NCCCNc1ccccc1)NC1CC=CC1. The van der Waals surface area contributed by atoms with Gasteiger partial charge in [-0.1, -0.05) is 30.4 Å². The van der Waals surface area contributed by atoms with E-state index in [0.29, 0.717) is 6.04 Å². The van der Waals surface area contributed by atoms with E-state index in [1.807, 2.05) is 18.2 Å². The van der Waals surface area contributed by atoms with Crippen LogP contribution in [-0.4, -0.2) is 31.6 Å². The van der Waals surface area contributed by atoms with Crippen molar-refractivity contribution in [2.45, 2.75) is 32.2 Å². The third-order valence-corrected chi connectivity index (χ3v) is 3.40. The number of hydrogen-bond acceptors (Lipinski definition) is 2. The molecule has 0 spiro atoms. The van der Waals surface area contributed by atoms with Gasteiger partial charge >= 0.3 is 0 Å². The minimum absolute atomic E-state index is 0.505. The number of nitrogens with one attached hydrogen (secondary N) is 3. The minimum Gasteiger partial charge on any atom is -0.385 e. The molecule has 0 amide bonds. The van der Waals surface area contributed by atoms with Crippen LogP contribution >= 0.6 is 0 Å². The fraction of sp³-hybridized carbons (Fsp3) is 0.471. The lowest BCUT2D eigenvalue weighted by molar-refractivity contribution is 0.632. The van der Waals surface area contributed by atoms with Crippen LogP contribution in [0.2, 0.25) is 0 Å². The first-order valence-electron chi connectivity index (χ1n) is 7.87. The lowest BCUT2D eigenvalue weighted by Crippen LogP contribution is -2.42. The van der Waals surface area contributed by atoms with Crippen LogP contribution in [0.1, 0.15) is 26.2 Å². The van der Waals surface area contributed by atoms with E-state index < -0.39 is 0 Å². The normalized spacial score (nSPS) is 15.2. The Morgan fingerprint density at radius 2 is 1.95 bits per heavy atom. The summed E-state index contributed by atoms with van der Waals surface area (Å²) in [6, 6.07) is 10.8. The van der Waals surface area contributed by atoms with Crippen molar-refractivity contribution in [1.82, 2.24) is 10.6 Å². The van der Waals surface area contributed by atoms with Crippen molar-refractivity contribution in [3.63, 3.8) is 0 Å². The topological polar surface area (TPSA) is 48.5 Å². The second-order valence-corrected chi connectivity index (χ2v) is 5.19. The van der Waals surface area contributed by atoms with E-state index in [-0.39, 0.29) is 0 Å². The van der Waals surface area contributed by atoms with Gasteiger partial charge in [0.05, 0.1) is 0 Å². The number of guanidine groups is 1. The van der Waals surface area contributed by atoms with Crippen LogP contribution < -0.4 is 16.0 Å². The molecular formula is C17H26N4. The van der Waals surface area contributed by atoms with E-state index in [2.05, 4.69) is 52.2 Å². The van der Waals surface area contributed by atoms with Crippen molar-refractivity contribution < 1.29 is 0 Å². The number of rotatable bonds is 7. The summed E-state index contributed by atoms with van der Waals surface area (Å²) in [4.78, 5) is 4.63. The molecule has 0 atom stereocenters. The molecule has 4 nitrogen and oxygen atoms in total.